The topological polar surface area (TPSA) is 29.1 Å². The fraction of sp³-hybridized carbons (Fsp3) is 0.133. The summed E-state index contributed by atoms with van der Waals surface area (Å²) in [5.41, 5.74) is -0.313. The van der Waals surface area contributed by atoms with E-state index < -0.39 is 17.6 Å². The van der Waals surface area contributed by atoms with Crippen LogP contribution in [0.25, 0.3) is 0 Å². The second-order valence-electron chi connectivity index (χ2n) is 4.55. The van der Waals surface area contributed by atoms with Gasteiger partial charge in [-0.25, -0.2) is 0 Å². The Morgan fingerprint density at radius 2 is 1.82 bits per heavy atom. The molecule has 1 amide bonds. The molecule has 0 saturated carbocycles. The van der Waals surface area contributed by atoms with Crippen molar-refractivity contribution < 1.29 is 18.0 Å². The van der Waals surface area contributed by atoms with Crippen LogP contribution in [0.3, 0.4) is 0 Å². The highest BCUT2D eigenvalue weighted by Crippen LogP contribution is 2.33. The third kappa shape index (κ3) is 4.39. The van der Waals surface area contributed by atoms with Gasteiger partial charge in [0.15, 0.2) is 0 Å². The van der Waals surface area contributed by atoms with Gasteiger partial charge in [-0.15, -0.1) is 0 Å². The van der Waals surface area contributed by atoms with Crippen molar-refractivity contribution in [3.05, 3.63) is 63.6 Å². The van der Waals surface area contributed by atoms with Crippen LogP contribution in [0, 0.1) is 0 Å². The SMILES string of the molecule is O=C(Cc1cccc(Cl)c1)Nc1cc(C(F)(F)F)ccc1Cl. The molecule has 116 valence electrons. The van der Waals surface area contributed by atoms with E-state index in [0.29, 0.717) is 10.6 Å². The Labute approximate surface area is 134 Å². The van der Waals surface area contributed by atoms with Gasteiger partial charge in [0.05, 0.1) is 22.7 Å². The van der Waals surface area contributed by atoms with Gasteiger partial charge in [0.2, 0.25) is 5.91 Å². The number of rotatable bonds is 3. The van der Waals surface area contributed by atoms with E-state index in [4.69, 9.17) is 23.2 Å². The summed E-state index contributed by atoms with van der Waals surface area (Å²) >= 11 is 11.6. The molecule has 0 fully saturated rings. The van der Waals surface area contributed by atoms with Crippen LogP contribution < -0.4 is 5.32 Å². The lowest BCUT2D eigenvalue weighted by Crippen LogP contribution is -2.15. The molecular weight excluding hydrogens is 338 g/mol. The second kappa shape index (κ2) is 6.58. The second-order valence-corrected chi connectivity index (χ2v) is 5.39. The largest absolute Gasteiger partial charge is 0.416 e. The lowest BCUT2D eigenvalue weighted by molar-refractivity contribution is -0.137. The Bertz CT molecular complexity index is 701. The molecule has 0 atom stereocenters. The average molecular weight is 348 g/mol. The van der Waals surface area contributed by atoms with Gasteiger partial charge in [-0.2, -0.15) is 13.2 Å². The minimum absolute atomic E-state index is 0.0207. The van der Waals surface area contributed by atoms with Gasteiger partial charge in [-0.3, -0.25) is 4.79 Å². The first kappa shape index (κ1) is 16.6. The van der Waals surface area contributed by atoms with E-state index in [0.717, 1.165) is 18.2 Å². The molecule has 2 rings (SSSR count). The Morgan fingerprint density at radius 3 is 2.45 bits per heavy atom. The summed E-state index contributed by atoms with van der Waals surface area (Å²) < 4.78 is 38.0. The van der Waals surface area contributed by atoms with E-state index in [-0.39, 0.29) is 17.1 Å². The van der Waals surface area contributed by atoms with Crippen molar-refractivity contribution in [3.63, 3.8) is 0 Å². The molecule has 0 aliphatic heterocycles. The Morgan fingerprint density at radius 1 is 1.09 bits per heavy atom. The minimum Gasteiger partial charge on any atom is -0.324 e. The Kier molecular flexibility index (Phi) is 4.98. The molecular formula is C15H10Cl2F3NO. The lowest BCUT2D eigenvalue weighted by atomic mass is 10.1. The number of anilines is 1. The predicted molar refractivity (Wildman–Crippen MR) is 80.2 cm³/mol. The first-order valence-electron chi connectivity index (χ1n) is 6.17. The molecule has 0 radical (unpaired) electrons. The number of hydrogen-bond acceptors (Lipinski definition) is 1. The summed E-state index contributed by atoms with van der Waals surface area (Å²) in [6.07, 6.45) is -4.52. The fourth-order valence-electron chi connectivity index (χ4n) is 1.82. The van der Waals surface area contributed by atoms with Gasteiger partial charge < -0.3 is 5.32 Å². The number of nitrogens with one attached hydrogen (secondary N) is 1. The number of hydrogen-bond donors (Lipinski definition) is 1. The zero-order valence-corrected chi connectivity index (χ0v) is 12.6. The lowest BCUT2D eigenvalue weighted by Gasteiger charge is -2.11. The number of amides is 1. The maximum atomic E-state index is 12.7. The Hall–Kier alpha value is -1.72. The van der Waals surface area contributed by atoms with E-state index in [1.165, 1.54) is 0 Å². The highest BCUT2D eigenvalue weighted by molar-refractivity contribution is 6.33. The molecule has 0 unspecified atom stereocenters. The molecule has 0 aromatic heterocycles. The van der Waals surface area contributed by atoms with E-state index in [1.54, 1.807) is 24.3 Å². The fourth-order valence-corrected chi connectivity index (χ4v) is 2.20. The van der Waals surface area contributed by atoms with E-state index in [9.17, 15) is 18.0 Å². The van der Waals surface area contributed by atoms with E-state index in [2.05, 4.69) is 5.32 Å². The normalized spacial score (nSPS) is 11.3. The monoisotopic (exact) mass is 347 g/mol. The van der Waals surface area contributed by atoms with Gasteiger partial charge in [0.1, 0.15) is 0 Å². The van der Waals surface area contributed by atoms with Gasteiger partial charge in [-0.1, -0.05) is 35.3 Å². The summed E-state index contributed by atoms with van der Waals surface area (Å²) in [5.74, 6) is -0.483. The maximum absolute atomic E-state index is 12.7. The first-order valence-corrected chi connectivity index (χ1v) is 6.92. The first-order chi connectivity index (χ1) is 10.3. The zero-order chi connectivity index (χ0) is 16.3. The molecule has 0 aliphatic carbocycles. The number of benzene rings is 2. The quantitative estimate of drug-likeness (QED) is 0.812. The average Bonchev–Trinajstić information content (AvgIpc) is 2.40. The smallest absolute Gasteiger partial charge is 0.324 e. The summed E-state index contributed by atoms with van der Waals surface area (Å²) in [6.45, 7) is 0. The van der Waals surface area contributed by atoms with Crippen molar-refractivity contribution in [2.75, 3.05) is 5.32 Å². The summed E-state index contributed by atoms with van der Waals surface area (Å²) in [6, 6.07) is 9.40. The number of alkyl halides is 3. The molecule has 0 saturated heterocycles. The molecule has 7 heteroatoms. The van der Waals surface area contributed by atoms with Crippen molar-refractivity contribution in [1.82, 2.24) is 0 Å². The standard InChI is InChI=1S/C15H10Cl2F3NO/c16-11-3-1-2-9(6-11)7-14(22)21-13-8-10(15(18,19)20)4-5-12(13)17/h1-6,8H,7H2,(H,21,22). The number of carbonyl (C=O) groups excluding carboxylic acids is 1. The molecule has 1 N–H and O–H groups in total. The van der Waals surface area contributed by atoms with Gasteiger partial charge in [-0.05, 0) is 35.9 Å². The summed E-state index contributed by atoms with van der Waals surface area (Å²) in [7, 11) is 0. The Balaban J connectivity index is 2.14. The van der Waals surface area contributed by atoms with Crippen molar-refractivity contribution in [2.45, 2.75) is 12.6 Å². The zero-order valence-electron chi connectivity index (χ0n) is 11.0. The minimum atomic E-state index is -4.50. The van der Waals surface area contributed by atoms with Crippen LogP contribution in [0.5, 0.6) is 0 Å². The van der Waals surface area contributed by atoms with Crippen LogP contribution in [-0.4, -0.2) is 5.91 Å². The van der Waals surface area contributed by atoms with Gasteiger partial charge >= 0.3 is 6.18 Å². The number of carbonyl (C=O) groups is 1. The third-order valence-electron chi connectivity index (χ3n) is 2.82. The molecule has 2 aromatic carbocycles. The molecule has 2 aromatic rings. The van der Waals surface area contributed by atoms with E-state index in [1.807, 2.05) is 0 Å². The molecule has 2 nitrogen and oxygen atoms in total. The van der Waals surface area contributed by atoms with Crippen molar-refractivity contribution in [1.29, 1.82) is 0 Å². The van der Waals surface area contributed by atoms with Crippen LogP contribution in [0.4, 0.5) is 18.9 Å². The van der Waals surface area contributed by atoms with Crippen LogP contribution in [0.15, 0.2) is 42.5 Å². The summed E-state index contributed by atoms with van der Waals surface area (Å²) in [4.78, 5) is 11.9. The molecule has 22 heavy (non-hydrogen) atoms. The van der Waals surface area contributed by atoms with Gasteiger partial charge in [0, 0.05) is 5.02 Å². The third-order valence-corrected chi connectivity index (χ3v) is 3.39. The highest BCUT2D eigenvalue weighted by atomic mass is 35.5. The van der Waals surface area contributed by atoms with Gasteiger partial charge in [0.25, 0.3) is 0 Å². The van der Waals surface area contributed by atoms with Crippen LogP contribution in [-0.2, 0) is 17.4 Å². The van der Waals surface area contributed by atoms with Crippen LogP contribution in [0.1, 0.15) is 11.1 Å². The predicted octanol–water partition coefficient (Wildman–Crippen LogP) is 5.19. The van der Waals surface area contributed by atoms with Crippen LogP contribution >= 0.6 is 23.2 Å². The molecule has 0 aliphatic rings. The summed E-state index contributed by atoms with van der Waals surface area (Å²) in [5, 5.41) is 2.89. The van der Waals surface area contributed by atoms with Crippen molar-refractivity contribution >= 4 is 34.8 Å². The van der Waals surface area contributed by atoms with E-state index >= 15 is 0 Å². The van der Waals surface area contributed by atoms with Crippen LogP contribution in [0.2, 0.25) is 10.0 Å². The van der Waals surface area contributed by atoms with Crippen molar-refractivity contribution in [2.24, 2.45) is 0 Å². The maximum Gasteiger partial charge on any atom is 0.416 e. The highest BCUT2D eigenvalue weighted by Gasteiger charge is 2.31. The molecule has 0 bridgehead atoms. The molecule has 0 spiro atoms. The molecule has 0 heterocycles. The number of halogens is 5. The van der Waals surface area contributed by atoms with Crippen molar-refractivity contribution in [3.8, 4) is 0 Å².